The summed E-state index contributed by atoms with van der Waals surface area (Å²) >= 11 is 2.25. The largest absolute Gasteiger partial charge is 0.460 e. The van der Waals surface area contributed by atoms with Crippen LogP contribution in [-0.4, -0.2) is 35.0 Å². The maximum atomic E-state index is 12.7. The van der Waals surface area contributed by atoms with E-state index in [1.807, 2.05) is 36.4 Å². The van der Waals surface area contributed by atoms with Gasteiger partial charge in [0.25, 0.3) is 5.91 Å². The first-order valence-corrected chi connectivity index (χ1v) is 11.0. The smallest absolute Gasteiger partial charge is 0.340 e. The molecule has 0 aliphatic carbocycles. The Morgan fingerprint density at radius 3 is 2.69 bits per heavy atom. The standard InChI is InChI=1S/C24H19IN4O3/c25-17-7-8-18-21(9-11-27-22(18)14-17)29-20-6-2-1-5-19(20)24(31)32-13-12-28-23(30)16-4-3-10-26-15-16/h1-11,14-15H,12-13H2,(H,27,29)(H,28,30). The molecule has 2 aromatic carbocycles. The van der Waals surface area contributed by atoms with Crippen molar-refractivity contribution < 1.29 is 14.3 Å². The van der Waals surface area contributed by atoms with Gasteiger partial charge >= 0.3 is 5.97 Å². The summed E-state index contributed by atoms with van der Waals surface area (Å²) in [5.74, 6) is -0.743. The Hall–Kier alpha value is -3.53. The number of hydrogen-bond donors (Lipinski definition) is 2. The highest BCUT2D eigenvalue weighted by atomic mass is 127. The Morgan fingerprint density at radius 2 is 1.84 bits per heavy atom. The molecule has 8 heteroatoms. The summed E-state index contributed by atoms with van der Waals surface area (Å²) in [6.45, 7) is 0.248. The molecule has 7 nitrogen and oxygen atoms in total. The zero-order chi connectivity index (χ0) is 22.3. The van der Waals surface area contributed by atoms with E-state index in [9.17, 15) is 9.59 Å². The lowest BCUT2D eigenvalue weighted by Gasteiger charge is -2.13. The number of benzene rings is 2. The van der Waals surface area contributed by atoms with Gasteiger partial charge in [-0.25, -0.2) is 4.79 Å². The molecule has 0 aliphatic rings. The van der Waals surface area contributed by atoms with Gasteiger partial charge in [-0.15, -0.1) is 0 Å². The molecule has 2 N–H and O–H groups in total. The van der Waals surface area contributed by atoms with Crippen molar-refractivity contribution in [1.82, 2.24) is 15.3 Å². The highest BCUT2D eigenvalue weighted by Crippen LogP contribution is 2.28. The predicted molar refractivity (Wildman–Crippen MR) is 131 cm³/mol. The number of fused-ring (bicyclic) bond motifs is 1. The molecule has 32 heavy (non-hydrogen) atoms. The van der Waals surface area contributed by atoms with E-state index >= 15 is 0 Å². The highest BCUT2D eigenvalue weighted by Gasteiger charge is 2.14. The van der Waals surface area contributed by atoms with Crippen molar-refractivity contribution in [2.24, 2.45) is 0 Å². The van der Waals surface area contributed by atoms with Crippen molar-refractivity contribution in [2.45, 2.75) is 0 Å². The van der Waals surface area contributed by atoms with Gasteiger partial charge in [0.05, 0.1) is 28.9 Å². The van der Waals surface area contributed by atoms with Crippen LogP contribution < -0.4 is 10.6 Å². The zero-order valence-electron chi connectivity index (χ0n) is 16.9. The van der Waals surface area contributed by atoms with Crippen LogP contribution in [0.5, 0.6) is 0 Å². The summed E-state index contributed by atoms with van der Waals surface area (Å²) in [6.07, 6.45) is 4.80. The monoisotopic (exact) mass is 538 g/mol. The van der Waals surface area contributed by atoms with Crippen molar-refractivity contribution in [1.29, 1.82) is 0 Å². The molecule has 1 amide bonds. The molecule has 0 spiro atoms. The lowest BCUT2D eigenvalue weighted by Crippen LogP contribution is -2.28. The number of halogens is 1. The number of hydrogen-bond acceptors (Lipinski definition) is 6. The molecule has 0 unspecified atom stereocenters. The van der Waals surface area contributed by atoms with E-state index in [1.165, 1.54) is 6.20 Å². The van der Waals surface area contributed by atoms with Crippen LogP contribution in [0, 0.1) is 3.57 Å². The van der Waals surface area contributed by atoms with Gasteiger partial charge in [-0.1, -0.05) is 12.1 Å². The van der Waals surface area contributed by atoms with Crippen LogP contribution in [0.4, 0.5) is 11.4 Å². The van der Waals surface area contributed by atoms with Gasteiger partial charge in [0.1, 0.15) is 6.61 Å². The van der Waals surface area contributed by atoms with Crippen LogP contribution in [-0.2, 0) is 4.74 Å². The summed E-state index contributed by atoms with van der Waals surface area (Å²) < 4.78 is 6.47. The van der Waals surface area contributed by atoms with Crippen molar-refractivity contribution >= 4 is 56.7 Å². The second kappa shape index (κ2) is 10.2. The number of carbonyl (C=O) groups excluding carboxylic acids is 2. The average Bonchev–Trinajstić information content (AvgIpc) is 2.82. The van der Waals surface area contributed by atoms with Gasteiger partial charge in [-0.05, 0) is 71.1 Å². The number of ether oxygens (including phenoxy) is 1. The third-order valence-corrected chi connectivity index (χ3v) is 5.34. The second-order valence-corrected chi connectivity index (χ2v) is 8.07. The Balaban J connectivity index is 1.41. The molecule has 0 atom stereocenters. The Labute approximate surface area is 198 Å². The minimum atomic E-state index is -0.475. The highest BCUT2D eigenvalue weighted by molar-refractivity contribution is 14.1. The van der Waals surface area contributed by atoms with E-state index in [-0.39, 0.29) is 19.1 Å². The molecule has 4 aromatic rings. The SMILES string of the molecule is O=C(NCCOC(=O)c1ccccc1Nc1ccnc2cc(I)ccc12)c1cccnc1. The lowest BCUT2D eigenvalue weighted by atomic mass is 10.1. The van der Waals surface area contributed by atoms with Crippen molar-refractivity contribution in [3.63, 3.8) is 0 Å². The molecule has 0 bridgehead atoms. The summed E-state index contributed by atoms with van der Waals surface area (Å²) in [5.41, 5.74) is 3.19. The Bertz CT molecular complexity index is 1260. The normalized spacial score (nSPS) is 10.5. The number of pyridine rings is 2. The van der Waals surface area contributed by atoms with Crippen LogP contribution >= 0.6 is 22.6 Å². The van der Waals surface area contributed by atoms with Gasteiger partial charge in [0.2, 0.25) is 0 Å². The molecular weight excluding hydrogens is 519 g/mol. The van der Waals surface area contributed by atoms with Crippen LogP contribution in [0.25, 0.3) is 10.9 Å². The number of aromatic nitrogens is 2. The van der Waals surface area contributed by atoms with Gasteiger partial charge in [-0.3, -0.25) is 14.8 Å². The number of nitrogens with zero attached hydrogens (tertiary/aromatic N) is 2. The molecule has 0 saturated heterocycles. The van der Waals surface area contributed by atoms with E-state index in [2.05, 4.69) is 43.2 Å². The molecule has 0 aliphatic heterocycles. The average molecular weight is 538 g/mol. The van der Waals surface area contributed by atoms with Crippen LogP contribution in [0.2, 0.25) is 0 Å². The van der Waals surface area contributed by atoms with E-state index in [4.69, 9.17) is 4.74 Å². The van der Waals surface area contributed by atoms with E-state index in [1.54, 1.807) is 36.7 Å². The maximum absolute atomic E-state index is 12.7. The summed E-state index contributed by atoms with van der Waals surface area (Å²) in [5, 5.41) is 6.98. The molecular formula is C24H19IN4O3. The third kappa shape index (κ3) is 5.20. The summed E-state index contributed by atoms with van der Waals surface area (Å²) in [7, 11) is 0. The molecule has 0 fully saturated rings. The number of nitrogens with one attached hydrogen (secondary N) is 2. The molecule has 0 saturated carbocycles. The van der Waals surface area contributed by atoms with E-state index < -0.39 is 5.97 Å². The van der Waals surface area contributed by atoms with Gasteiger partial charge in [0, 0.05) is 33.2 Å². The minimum absolute atomic E-state index is 0.0514. The fourth-order valence-corrected chi connectivity index (χ4v) is 3.61. The predicted octanol–water partition coefficient (Wildman–Crippen LogP) is 4.56. The first kappa shape index (κ1) is 21.7. The fourth-order valence-electron chi connectivity index (χ4n) is 3.13. The summed E-state index contributed by atoms with van der Waals surface area (Å²) in [6, 6.07) is 18.4. The zero-order valence-corrected chi connectivity index (χ0v) is 19.1. The molecule has 0 radical (unpaired) electrons. The number of amides is 1. The molecule has 4 rings (SSSR count). The first-order chi connectivity index (χ1) is 15.6. The second-order valence-electron chi connectivity index (χ2n) is 6.82. The Morgan fingerprint density at radius 1 is 0.969 bits per heavy atom. The maximum Gasteiger partial charge on any atom is 0.340 e. The quantitative estimate of drug-likeness (QED) is 0.204. The molecule has 2 aromatic heterocycles. The van der Waals surface area contributed by atoms with Gasteiger partial charge < -0.3 is 15.4 Å². The first-order valence-electron chi connectivity index (χ1n) is 9.87. The third-order valence-electron chi connectivity index (χ3n) is 4.67. The lowest BCUT2D eigenvalue weighted by molar-refractivity contribution is 0.0504. The number of carbonyl (C=O) groups is 2. The van der Waals surface area contributed by atoms with Crippen LogP contribution in [0.3, 0.4) is 0 Å². The number of rotatable bonds is 7. The van der Waals surface area contributed by atoms with Crippen molar-refractivity contribution in [3.05, 3.63) is 94.0 Å². The summed E-state index contributed by atoms with van der Waals surface area (Å²) in [4.78, 5) is 33.0. The Kier molecular flexibility index (Phi) is 6.90. The van der Waals surface area contributed by atoms with Crippen LogP contribution in [0.1, 0.15) is 20.7 Å². The topological polar surface area (TPSA) is 93.2 Å². The van der Waals surface area contributed by atoms with Gasteiger partial charge in [0.15, 0.2) is 0 Å². The number of para-hydroxylation sites is 1. The minimum Gasteiger partial charge on any atom is -0.460 e. The number of anilines is 2. The van der Waals surface area contributed by atoms with Crippen molar-refractivity contribution in [3.8, 4) is 0 Å². The fraction of sp³-hybridized carbons (Fsp3) is 0.0833. The van der Waals surface area contributed by atoms with Crippen LogP contribution in [0.15, 0.2) is 79.3 Å². The van der Waals surface area contributed by atoms with Gasteiger partial charge in [-0.2, -0.15) is 0 Å². The molecule has 160 valence electrons. The van der Waals surface area contributed by atoms with E-state index in [0.29, 0.717) is 16.8 Å². The van der Waals surface area contributed by atoms with Crippen molar-refractivity contribution in [2.75, 3.05) is 18.5 Å². The van der Waals surface area contributed by atoms with E-state index in [0.717, 1.165) is 20.2 Å². The number of esters is 1. The molecule has 2 heterocycles.